The molecule has 8 nitrogen and oxygen atoms in total. The molecule has 9 heteroatoms. The molecule has 0 fully saturated rings. The quantitative estimate of drug-likeness (QED) is 0.353. The van der Waals surface area contributed by atoms with Crippen molar-refractivity contribution in [2.75, 3.05) is 0 Å². The monoisotopic (exact) mass is 465 g/mol. The number of aromatic carboxylic acids is 2. The van der Waals surface area contributed by atoms with Crippen LogP contribution in [0.1, 0.15) is 22.1 Å². The van der Waals surface area contributed by atoms with E-state index in [9.17, 15) is 19.8 Å². The van der Waals surface area contributed by atoms with Crippen molar-refractivity contribution in [3.05, 3.63) is 83.9 Å². The molecule has 0 saturated carbocycles. The molecule has 31 heavy (non-hydrogen) atoms. The van der Waals surface area contributed by atoms with Crippen LogP contribution < -0.4 is 0 Å². The fraction of sp³-hybridized carbons (Fsp3) is 0. The number of aromatic hydroxyl groups is 2. The summed E-state index contributed by atoms with van der Waals surface area (Å²) in [5.41, 5.74) is -0.132. The molecule has 0 aromatic heterocycles. The number of hydrogen-bond acceptors (Lipinski definition) is 4. The van der Waals surface area contributed by atoms with Gasteiger partial charge in [0.2, 0.25) is 0 Å². The first-order valence-electron chi connectivity index (χ1n) is 8.27. The zero-order valence-electron chi connectivity index (χ0n) is 16.9. The molecule has 0 saturated heterocycles. The first kappa shape index (κ1) is 27.4. The van der Waals surface area contributed by atoms with Gasteiger partial charge in [-0.3, -0.25) is 0 Å². The summed E-state index contributed by atoms with van der Waals surface area (Å²) in [6, 6.07) is 20.4. The second kappa shape index (κ2) is 11.5. The minimum absolute atomic E-state index is 0. The maximum absolute atomic E-state index is 10.7. The third-order valence-corrected chi connectivity index (χ3v) is 4.19. The Kier molecular flexibility index (Phi) is 10.2. The molecule has 0 atom stereocenters. The van der Waals surface area contributed by atoms with E-state index in [4.69, 9.17) is 10.2 Å². The van der Waals surface area contributed by atoms with Crippen molar-refractivity contribution >= 4 is 33.5 Å². The van der Waals surface area contributed by atoms with Crippen LogP contribution in [0.4, 0.5) is 0 Å². The molecule has 4 aromatic rings. The molecule has 0 amide bonds. The van der Waals surface area contributed by atoms with Crippen LogP contribution in [-0.2, 0) is 17.4 Å². The van der Waals surface area contributed by atoms with Crippen molar-refractivity contribution in [2.45, 2.75) is 0 Å². The largest absolute Gasteiger partial charge is 1.00 e. The van der Waals surface area contributed by atoms with Crippen molar-refractivity contribution in [3.8, 4) is 11.5 Å². The molecule has 8 N–H and O–H groups in total. The van der Waals surface area contributed by atoms with Gasteiger partial charge in [0.15, 0.2) is 0 Å². The second-order valence-corrected chi connectivity index (χ2v) is 6.04. The Morgan fingerprint density at radius 2 is 0.839 bits per heavy atom. The number of fused-ring (bicyclic) bond motifs is 2. The topological polar surface area (TPSA) is 178 Å². The minimum Gasteiger partial charge on any atom is -0.507 e. The van der Waals surface area contributed by atoms with Crippen LogP contribution in [0.25, 0.3) is 21.5 Å². The van der Waals surface area contributed by atoms with Crippen LogP contribution >= 0.6 is 0 Å². The molecule has 162 valence electrons. The van der Waals surface area contributed by atoms with E-state index >= 15 is 0 Å². The predicted molar refractivity (Wildman–Crippen MR) is 113 cm³/mol. The first-order chi connectivity index (χ1) is 13.4. The van der Waals surface area contributed by atoms with Gasteiger partial charge < -0.3 is 31.4 Å². The average molecular weight is 465 g/mol. The Balaban J connectivity index is 0. The number of benzene rings is 4. The van der Waals surface area contributed by atoms with Gasteiger partial charge in [-0.15, -0.1) is 0 Å². The normalized spacial score (nSPS) is 9.29. The molecule has 4 rings (SSSR count). The molecule has 0 aliphatic heterocycles. The van der Waals surface area contributed by atoms with E-state index in [0.717, 1.165) is 21.5 Å². The number of carboxylic acid groups (broad SMARTS) is 2. The fourth-order valence-electron chi connectivity index (χ4n) is 2.80. The van der Waals surface area contributed by atoms with Crippen molar-refractivity contribution in [3.63, 3.8) is 0 Å². The minimum atomic E-state index is -1.12. The van der Waals surface area contributed by atoms with E-state index < -0.39 is 11.9 Å². The molecule has 0 radical (unpaired) electrons. The Bertz CT molecular complexity index is 1120. The maximum Gasteiger partial charge on any atom is 1.00 e. The van der Waals surface area contributed by atoms with Crippen molar-refractivity contribution < 1.29 is 59.8 Å². The number of carboxylic acids is 2. The number of rotatable bonds is 2. The Labute approximate surface area is 188 Å². The summed E-state index contributed by atoms with van der Waals surface area (Å²) in [5, 5.41) is 39.6. The van der Waals surface area contributed by atoms with E-state index in [1.165, 1.54) is 24.3 Å². The smallest absolute Gasteiger partial charge is 0.507 e. The molecular weight excluding hydrogens is 444 g/mol. The Morgan fingerprint density at radius 3 is 1.10 bits per heavy atom. The molecule has 0 spiro atoms. The summed E-state index contributed by atoms with van der Waals surface area (Å²) in [6.07, 6.45) is 0. The molecule has 0 heterocycles. The third-order valence-electron chi connectivity index (χ3n) is 4.19. The van der Waals surface area contributed by atoms with Gasteiger partial charge in [0.25, 0.3) is 0 Å². The van der Waals surface area contributed by atoms with E-state index in [1.807, 2.05) is 36.4 Å². The summed E-state index contributed by atoms with van der Waals surface area (Å²) in [5.74, 6) is -2.63. The summed E-state index contributed by atoms with van der Waals surface area (Å²) >= 11 is 0. The van der Waals surface area contributed by atoms with Gasteiger partial charge in [0.05, 0.1) is 0 Å². The van der Waals surface area contributed by atoms with Crippen molar-refractivity contribution in [2.24, 2.45) is 0 Å². The number of carbonyl (C=O) groups is 2. The molecule has 0 aliphatic carbocycles. The van der Waals surface area contributed by atoms with Crippen molar-refractivity contribution in [1.82, 2.24) is 0 Å². The summed E-state index contributed by atoms with van der Waals surface area (Å²) in [6.45, 7) is 0. The second-order valence-electron chi connectivity index (χ2n) is 6.04. The average Bonchev–Trinajstić information content (AvgIpc) is 2.67. The SMILES string of the molecule is O.O.O=C(O)c1cc2ccccc2cc1O.O=C(O)c1cc2ccccc2cc1O.[Cr].[H+]. The van der Waals surface area contributed by atoms with Gasteiger partial charge in [-0.25, -0.2) is 9.59 Å². The van der Waals surface area contributed by atoms with Gasteiger partial charge in [-0.2, -0.15) is 0 Å². The van der Waals surface area contributed by atoms with Gasteiger partial charge in [-0.1, -0.05) is 48.5 Å². The zero-order valence-corrected chi connectivity index (χ0v) is 17.2. The van der Waals surface area contributed by atoms with Crippen LogP contribution in [0.5, 0.6) is 11.5 Å². The van der Waals surface area contributed by atoms with E-state index in [-0.39, 0.29) is 52.4 Å². The summed E-state index contributed by atoms with van der Waals surface area (Å²) in [4.78, 5) is 21.4. The summed E-state index contributed by atoms with van der Waals surface area (Å²) in [7, 11) is 0. The van der Waals surface area contributed by atoms with Crippen LogP contribution in [0.3, 0.4) is 0 Å². The molecule has 4 aromatic carbocycles. The van der Waals surface area contributed by atoms with Crippen LogP contribution in [0.2, 0.25) is 0 Å². The van der Waals surface area contributed by atoms with Gasteiger partial charge in [-0.05, 0) is 45.8 Å². The Hall–Kier alpha value is -3.61. The van der Waals surface area contributed by atoms with Crippen LogP contribution in [0.15, 0.2) is 72.8 Å². The first-order valence-corrected chi connectivity index (χ1v) is 8.27. The fourth-order valence-corrected chi connectivity index (χ4v) is 2.80. The van der Waals surface area contributed by atoms with Gasteiger partial charge in [0, 0.05) is 17.4 Å². The predicted octanol–water partition coefficient (Wildman–Crippen LogP) is 2.95. The third kappa shape index (κ3) is 6.18. The summed E-state index contributed by atoms with van der Waals surface area (Å²) < 4.78 is 0. The zero-order chi connectivity index (χ0) is 20.3. The molecular formula is C22H21CrO8+. The van der Waals surface area contributed by atoms with E-state index in [0.29, 0.717) is 0 Å². The molecule has 0 aliphatic rings. The van der Waals surface area contributed by atoms with Crippen molar-refractivity contribution in [1.29, 1.82) is 0 Å². The van der Waals surface area contributed by atoms with Crippen LogP contribution in [-0.4, -0.2) is 43.3 Å². The Morgan fingerprint density at radius 1 is 0.581 bits per heavy atom. The number of phenols is 2. The molecule has 0 unspecified atom stereocenters. The number of hydrogen-bond donors (Lipinski definition) is 4. The van der Waals surface area contributed by atoms with Gasteiger partial charge in [0.1, 0.15) is 22.6 Å². The standard InChI is InChI=1S/2C11H8O3.Cr.2H2O/c2*12-10-6-8-4-2-1-3-7(8)5-9(10)11(13)14;;;/h2*1-6,12H,(H,13,14);;2*1H2/p+1. The molecule has 0 bridgehead atoms. The van der Waals surface area contributed by atoms with E-state index in [1.54, 1.807) is 12.1 Å². The van der Waals surface area contributed by atoms with Crippen LogP contribution in [0, 0.1) is 0 Å². The van der Waals surface area contributed by atoms with Gasteiger partial charge >= 0.3 is 13.4 Å². The van der Waals surface area contributed by atoms with E-state index in [2.05, 4.69) is 0 Å². The maximum atomic E-state index is 10.7.